The van der Waals surface area contributed by atoms with Crippen molar-refractivity contribution in [2.75, 3.05) is 6.26 Å². The molecule has 1 aromatic heterocycles. The lowest BCUT2D eigenvalue weighted by Gasteiger charge is -2.02. The molecule has 4 nitrogen and oxygen atoms in total. The van der Waals surface area contributed by atoms with Gasteiger partial charge in [0.05, 0.1) is 10.6 Å². The standard InChI is InChI=1S/C7H10N2O2S.ClH/c1-12(10,11)7-3-2-4-9-6(7)5-8;/h2-4H,5,8H2,1H3;1H. The summed E-state index contributed by atoms with van der Waals surface area (Å²) in [6.07, 6.45) is 2.67. The lowest BCUT2D eigenvalue weighted by Crippen LogP contribution is -2.08. The highest BCUT2D eigenvalue weighted by Gasteiger charge is 2.11. The number of hydrogen-bond acceptors (Lipinski definition) is 4. The number of rotatable bonds is 2. The van der Waals surface area contributed by atoms with E-state index in [0.717, 1.165) is 6.26 Å². The number of halogens is 1. The molecule has 1 rings (SSSR count). The molecule has 0 saturated carbocycles. The highest BCUT2D eigenvalue weighted by molar-refractivity contribution is 7.90. The van der Waals surface area contributed by atoms with E-state index in [1.165, 1.54) is 12.3 Å². The van der Waals surface area contributed by atoms with Gasteiger partial charge in [-0.25, -0.2) is 8.42 Å². The van der Waals surface area contributed by atoms with Crippen molar-refractivity contribution in [2.24, 2.45) is 5.73 Å². The van der Waals surface area contributed by atoms with E-state index in [9.17, 15) is 8.42 Å². The van der Waals surface area contributed by atoms with Crippen LogP contribution in [0.5, 0.6) is 0 Å². The van der Waals surface area contributed by atoms with Crippen LogP contribution in [0.2, 0.25) is 0 Å². The van der Waals surface area contributed by atoms with Crippen LogP contribution in [-0.2, 0) is 16.4 Å². The highest BCUT2D eigenvalue weighted by atomic mass is 35.5. The van der Waals surface area contributed by atoms with E-state index in [2.05, 4.69) is 4.98 Å². The van der Waals surface area contributed by atoms with E-state index in [1.807, 2.05) is 0 Å². The van der Waals surface area contributed by atoms with Gasteiger partial charge in [-0.2, -0.15) is 0 Å². The van der Waals surface area contributed by atoms with Crippen LogP contribution in [-0.4, -0.2) is 19.7 Å². The molecule has 0 aromatic carbocycles. The summed E-state index contributed by atoms with van der Waals surface area (Å²) in [5.74, 6) is 0. The fourth-order valence-electron chi connectivity index (χ4n) is 0.914. The molecule has 0 fully saturated rings. The Kier molecular flexibility index (Phi) is 4.32. The molecule has 0 radical (unpaired) electrons. The molecule has 0 aliphatic rings. The first-order valence-electron chi connectivity index (χ1n) is 3.39. The van der Waals surface area contributed by atoms with Gasteiger partial charge in [0, 0.05) is 19.0 Å². The minimum absolute atomic E-state index is 0. The Balaban J connectivity index is 0.00000144. The molecule has 1 heterocycles. The van der Waals surface area contributed by atoms with Crippen LogP contribution in [0.4, 0.5) is 0 Å². The topological polar surface area (TPSA) is 73.0 Å². The molecule has 0 aliphatic carbocycles. The van der Waals surface area contributed by atoms with Crippen molar-refractivity contribution >= 4 is 22.2 Å². The quantitative estimate of drug-likeness (QED) is 0.785. The van der Waals surface area contributed by atoms with Crippen LogP contribution in [0.3, 0.4) is 0 Å². The third-order valence-corrected chi connectivity index (χ3v) is 2.61. The normalized spacial score (nSPS) is 10.6. The molecule has 0 atom stereocenters. The zero-order chi connectivity index (χ0) is 9.19. The van der Waals surface area contributed by atoms with Gasteiger partial charge in [0.15, 0.2) is 9.84 Å². The van der Waals surface area contributed by atoms with Gasteiger partial charge >= 0.3 is 0 Å². The largest absolute Gasteiger partial charge is 0.325 e. The van der Waals surface area contributed by atoms with Crippen LogP contribution in [0.25, 0.3) is 0 Å². The van der Waals surface area contributed by atoms with Crippen LogP contribution >= 0.6 is 12.4 Å². The molecule has 0 spiro atoms. The van der Waals surface area contributed by atoms with Crippen molar-refractivity contribution in [3.05, 3.63) is 24.0 Å². The minimum atomic E-state index is -3.19. The van der Waals surface area contributed by atoms with E-state index < -0.39 is 9.84 Å². The van der Waals surface area contributed by atoms with E-state index in [0.29, 0.717) is 5.69 Å². The molecular formula is C7H11ClN2O2S. The van der Waals surface area contributed by atoms with Crippen molar-refractivity contribution in [2.45, 2.75) is 11.4 Å². The summed E-state index contributed by atoms with van der Waals surface area (Å²) < 4.78 is 22.2. The second kappa shape index (κ2) is 4.55. The zero-order valence-electron chi connectivity index (χ0n) is 7.10. The van der Waals surface area contributed by atoms with Crippen molar-refractivity contribution in [3.63, 3.8) is 0 Å². The average molecular weight is 223 g/mol. The lowest BCUT2D eigenvalue weighted by atomic mass is 10.3. The summed E-state index contributed by atoms with van der Waals surface area (Å²) in [4.78, 5) is 4.07. The highest BCUT2D eigenvalue weighted by Crippen LogP contribution is 2.11. The number of sulfone groups is 1. The van der Waals surface area contributed by atoms with Crippen molar-refractivity contribution in [3.8, 4) is 0 Å². The molecule has 2 N–H and O–H groups in total. The zero-order valence-corrected chi connectivity index (χ0v) is 8.73. The van der Waals surface area contributed by atoms with Crippen LogP contribution < -0.4 is 5.73 Å². The summed E-state index contributed by atoms with van der Waals surface area (Å²) in [6, 6.07) is 3.08. The van der Waals surface area contributed by atoms with Crippen molar-refractivity contribution in [1.82, 2.24) is 4.98 Å². The molecule has 0 amide bonds. The molecule has 74 valence electrons. The number of aromatic nitrogens is 1. The summed E-state index contributed by atoms with van der Waals surface area (Å²) in [5, 5.41) is 0. The summed E-state index contributed by atoms with van der Waals surface area (Å²) in [6.45, 7) is 0.142. The van der Waals surface area contributed by atoms with Gasteiger partial charge in [-0.3, -0.25) is 4.98 Å². The van der Waals surface area contributed by atoms with Gasteiger partial charge < -0.3 is 5.73 Å². The summed E-state index contributed by atoms with van der Waals surface area (Å²) in [5.41, 5.74) is 5.74. The monoisotopic (exact) mass is 222 g/mol. The molecule has 0 saturated heterocycles. The number of nitrogens with two attached hydrogens (primary N) is 1. The predicted molar refractivity (Wildman–Crippen MR) is 52.5 cm³/mol. The van der Waals surface area contributed by atoms with Crippen LogP contribution in [0.15, 0.2) is 23.2 Å². The maximum Gasteiger partial charge on any atom is 0.177 e. The molecule has 0 bridgehead atoms. The minimum Gasteiger partial charge on any atom is -0.325 e. The summed E-state index contributed by atoms with van der Waals surface area (Å²) >= 11 is 0. The third kappa shape index (κ3) is 2.95. The Morgan fingerprint density at radius 1 is 1.54 bits per heavy atom. The lowest BCUT2D eigenvalue weighted by molar-refractivity contribution is 0.600. The van der Waals surface area contributed by atoms with E-state index in [1.54, 1.807) is 6.07 Å². The van der Waals surface area contributed by atoms with Crippen molar-refractivity contribution in [1.29, 1.82) is 0 Å². The first-order chi connectivity index (χ1) is 5.55. The molecule has 0 aliphatic heterocycles. The van der Waals surface area contributed by atoms with Gasteiger partial charge in [0.2, 0.25) is 0 Å². The van der Waals surface area contributed by atoms with E-state index in [-0.39, 0.29) is 23.8 Å². The maximum atomic E-state index is 11.1. The fraction of sp³-hybridized carbons (Fsp3) is 0.286. The predicted octanol–water partition coefficient (Wildman–Crippen LogP) is 0.366. The van der Waals surface area contributed by atoms with Crippen LogP contribution in [0.1, 0.15) is 5.69 Å². The first-order valence-corrected chi connectivity index (χ1v) is 5.29. The third-order valence-electron chi connectivity index (χ3n) is 1.44. The molecule has 6 heteroatoms. The Bertz CT molecular complexity index is 378. The fourth-order valence-corrected chi connectivity index (χ4v) is 1.80. The van der Waals surface area contributed by atoms with E-state index in [4.69, 9.17) is 5.73 Å². The Morgan fingerprint density at radius 2 is 2.15 bits per heavy atom. The van der Waals surface area contributed by atoms with Crippen molar-refractivity contribution < 1.29 is 8.42 Å². The first kappa shape index (κ1) is 12.3. The SMILES string of the molecule is CS(=O)(=O)c1cccnc1CN.Cl. The average Bonchev–Trinajstić information content (AvgIpc) is 2.03. The molecular weight excluding hydrogens is 212 g/mol. The second-order valence-corrected chi connectivity index (χ2v) is 4.41. The van der Waals surface area contributed by atoms with Gasteiger partial charge in [0.1, 0.15) is 0 Å². The molecule has 0 unspecified atom stereocenters. The summed E-state index contributed by atoms with van der Waals surface area (Å²) in [7, 11) is -3.19. The van der Waals surface area contributed by atoms with Gasteiger partial charge in [-0.15, -0.1) is 12.4 Å². The Hall–Kier alpha value is -0.650. The number of nitrogens with zero attached hydrogens (tertiary/aromatic N) is 1. The number of pyridine rings is 1. The van der Waals surface area contributed by atoms with E-state index >= 15 is 0 Å². The molecule has 13 heavy (non-hydrogen) atoms. The second-order valence-electron chi connectivity index (χ2n) is 2.42. The van der Waals surface area contributed by atoms with Gasteiger partial charge in [-0.05, 0) is 12.1 Å². The smallest absolute Gasteiger partial charge is 0.177 e. The number of hydrogen-bond donors (Lipinski definition) is 1. The van der Waals surface area contributed by atoms with Crippen LogP contribution in [0, 0.1) is 0 Å². The molecule has 1 aromatic rings. The Labute approximate surface area is 83.5 Å². The maximum absolute atomic E-state index is 11.1. The van der Waals surface area contributed by atoms with Gasteiger partial charge in [0.25, 0.3) is 0 Å². The van der Waals surface area contributed by atoms with Gasteiger partial charge in [-0.1, -0.05) is 0 Å². The Morgan fingerprint density at radius 3 is 2.54 bits per heavy atom.